The number of hydrogen-bond donors (Lipinski definition) is 0. The molecule has 2 aliphatic carbocycles. The Morgan fingerprint density at radius 2 is 0.722 bits per heavy atom. The SMILES string of the molecule is O=C1c2ccc3c4c(-c5ccccc5)cc5c6c(ccc(c7c(-c8ccccc8)cc(c2c37)C(=O)N1C1CCCCC1)c64)C(=O)N(C1CCCCC1)C5=O. The van der Waals surface area contributed by atoms with E-state index in [9.17, 15) is 19.2 Å². The van der Waals surface area contributed by atoms with Crippen LogP contribution in [0.2, 0.25) is 0 Å². The molecular formula is C48H38N2O4. The molecule has 2 saturated carbocycles. The van der Waals surface area contributed by atoms with Gasteiger partial charge in [-0.2, -0.15) is 0 Å². The van der Waals surface area contributed by atoms with Crippen LogP contribution >= 0.6 is 0 Å². The first-order valence-electron chi connectivity index (χ1n) is 19.7. The summed E-state index contributed by atoms with van der Waals surface area (Å²) in [6.07, 6.45) is 9.58. The lowest BCUT2D eigenvalue weighted by atomic mass is 9.77. The van der Waals surface area contributed by atoms with Crippen molar-refractivity contribution < 1.29 is 19.2 Å². The number of nitrogens with zero attached hydrogens (tertiary/aromatic N) is 2. The van der Waals surface area contributed by atoms with Crippen LogP contribution in [0, 0.1) is 0 Å². The van der Waals surface area contributed by atoms with E-state index in [0.29, 0.717) is 33.0 Å². The average molecular weight is 707 g/mol. The molecule has 0 saturated heterocycles. The largest absolute Gasteiger partial charge is 0.271 e. The topological polar surface area (TPSA) is 74.8 Å². The predicted octanol–water partition coefficient (Wildman–Crippen LogP) is 10.9. The van der Waals surface area contributed by atoms with Gasteiger partial charge in [-0.25, -0.2) is 0 Å². The molecule has 54 heavy (non-hydrogen) atoms. The van der Waals surface area contributed by atoms with Gasteiger partial charge in [-0.15, -0.1) is 0 Å². The summed E-state index contributed by atoms with van der Waals surface area (Å²) in [6.45, 7) is 0. The maximum atomic E-state index is 14.7. The van der Waals surface area contributed by atoms with E-state index in [-0.39, 0.29) is 35.7 Å². The Hall–Kier alpha value is -5.88. The van der Waals surface area contributed by atoms with Crippen LogP contribution in [-0.4, -0.2) is 45.5 Å². The lowest BCUT2D eigenvalue weighted by Gasteiger charge is -2.37. The van der Waals surface area contributed by atoms with Gasteiger partial charge in [0.1, 0.15) is 0 Å². The van der Waals surface area contributed by atoms with Gasteiger partial charge in [-0.1, -0.05) is 111 Å². The summed E-state index contributed by atoms with van der Waals surface area (Å²) in [5.74, 6) is -0.886. The lowest BCUT2D eigenvalue weighted by molar-refractivity contribution is 0.0487. The fraction of sp³-hybridized carbons (Fsp3) is 0.250. The quantitative estimate of drug-likeness (QED) is 0.104. The predicted molar refractivity (Wildman–Crippen MR) is 213 cm³/mol. The zero-order chi connectivity index (χ0) is 36.2. The molecule has 0 atom stereocenters. The van der Waals surface area contributed by atoms with Crippen LogP contribution in [0.3, 0.4) is 0 Å². The standard InChI is InChI=1S/C48H38N2O4/c51-45-33-24-22-32-40-36(28-15-7-2-8-16-28)26-38-42-34(46(52)50(48(38)54)30-19-11-4-12-20-30)23-21-31(44(40)42)39-35(27-13-5-1-6-14-27)25-37(41(33)43(32)39)47(53)49(45)29-17-9-3-10-18-29/h1-2,5-8,13-16,21-26,29-30H,3-4,9-12,17-20H2. The first kappa shape index (κ1) is 31.6. The van der Waals surface area contributed by atoms with E-state index >= 15 is 0 Å². The molecule has 4 amide bonds. The fourth-order valence-corrected chi connectivity index (χ4v) is 10.5. The normalized spacial score (nSPS) is 18.3. The van der Waals surface area contributed by atoms with Crippen molar-refractivity contribution in [3.63, 3.8) is 0 Å². The van der Waals surface area contributed by atoms with Gasteiger partial charge in [0.2, 0.25) is 0 Å². The maximum Gasteiger partial charge on any atom is 0.261 e. The third-order valence-corrected chi connectivity index (χ3v) is 13.0. The van der Waals surface area contributed by atoms with Crippen LogP contribution in [0.5, 0.6) is 0 Å². The molecule has 264 valence electrons. The summed E-state index contributed by atoms with van der Waals surface area (Å²) < 4.78 is 0. The van der Waals surface area contributed by atoms with Gasteiger partial charge < -0.3 is 0 Å². The zero-order valence-corrected chi connectivity index (χ0v) is 30.0. The Labute approximate surface area is 312 Å². The van der Waals surface area contributed by atoms with E-state index in [4.69, 9.17) is 0 Å². The molecule has 0 bridgehead atoms. The van der Waals surface area contributed by atoms with Crippen molar-refractivity contribution in [3.8, 4) is 22.3 Å². The summed E-state index contributed by atoms with van der Waals surface area (Å²) in [5, 5.41) is 6.79. The van der Waals surface area contributed by atoms with Gasteiger partial charge in [-0.3, -0.25) is 29.0 Å². The van der Waals surface area contributed by atoms with Crippen LogP contribution in [-0.2, 0) is 0 Å². The molecule has 7 aromatic carbocycles. The number of imide groups is 2. The molecule has 7 aromatic rings. The molecule has 0 unspecified atom stereocenters. The second-order valence-corrected chi connectivity index (χ2v) is 15.8. The van der Waals surface area contributed by atoms with Crippen molar-refractivity contribution in [1.29, 1.82) is 0 Å². The average Bonchev–Trinajstić information content (AvgIpc) is 3.22. The lowest BCUT2D eigenvalue weighted by Crippen LogP contribution is -2.48. The Morgan fingerprint density at radius 1 is 0.352 bits per heavy atom. The van der Waals surface area contributed by atoms with E-state index < -0.39 is 0 Å². The van der Waals surface area contributed by atoms with Crippen molar-refractivity contribution in [2.24, 2.45) is 0 Å². The summed E-state index contributed by atoms with van der Waals surface area (Å²) in [5.41, 5.74) is 5.92. The van der Waals surface area contributed by atoms with E-state index in [0.717, 1.165) is 119 Å². The summed E-state index contributed by atoms with van der Waals surface area (Å²) >= 11 is 0. The van der Waals surface area contributed by atoms with Crippen molar-refractivity contribution in [2.45, 2.75) is 76.3 Å². The molecule has 4 aliphatic rings. The molecule has 11 rings (SSSR count). The first-order chi connectivity index (χ1) is 26.5. The highest BCUT2D eigenvalue weighted by atomic mass is 16.2. The van der Waals surface area contributed by atoms with Crippen LogP contribution in [0.4, 0.5) is 0 Å². The van der Waals surface area contributed by atoms with Gasteiger partial charge in [0.05, 0.1) is 0 Å². The number of fused-ring (bicyclic) bond motifs is 2. The highest BCUT2D eigenvalue weighted by Gasteiger charge is 2.42. The molecule has 6 heteroatoms. The van der Waals surface area contributed by atoms with Gasteiger partial charge >= 0.3 is 0 Å². The Bertz CT molecular complexity index is 2570. The van der Waals surface area contributed by atoms with Crippen LogP contribution in [0.25, 0.3) is 65.3 Å². The maximum absolute atomic E-state index is 14.7. The van der Waals surface area contributed by atoms with Gasteiger partial charge in [0.15, 0.2) is 0 Å². The van der Waals surface area contributed by atoms with Crippen molar-refractivity contribution in [2.75, 3.05) is 0 Å². The number of benzene rings is 7. The second-order valence-electron chi connectivity index (χ2n) is 15.8. The Kier molecular flexibility index (Phi) is 6.92. The molecule has 0 aromatic heterocycles. The highest BCUT2D eigenvalue weighted by molar-refractivity contribution is 6.44. The van der Waals surface area contributed by atoms with E-state index in [1.165, 1.54) is 0 Å². The van der Waals surface area contributed by atoms with Crippen molar-refractivity contribution >= 4 is 66.7 Å². The number of rotatable bonds is 4. The molecule has 2 fully saturated rings. The van der Waals surface area contributed by atoms with Crippen LogP contribution in [0.15, 0.2) is 97.1 Å². The Morgan fingerprint density at radius 3 is 1.11 bits per heavy atom. The van der Waals surface area contributed by atoms with E-state index in [2.05, 4.69) is 24.3 Å². The smallest absolute Gasteiger partial charge is 0.261 e. The van der Waals surface area contributed by atoms with Crippen LogP contribution < -0.4 is 0 Å². The summed E-state index contributed by atoms with van der Waals surface area (Å²) in [6, 6.07) is 32.0. The van der Waals surface area contributed by atoms with E-state index in [1.807, 2.05) is 72.8 Å². The number of amides is 4. The molecule has 6 nitrogen and oxygen atoms in total. The number of hydrogen-bond acceptors (Lipinski definition) is 4. The molecule has 0 spiro atoms. The minimum Gasteiger partial charge on any atom is -0.271 e. The number of carbonyl (C=O) groups excluding carboxylic acids is 4. The van der Waals surface area contributed by atoms with E-state index in [1.54, 1.807) is 9.80 Å². The summed E-state index contributed by atoms with van der Waals surface area (Å²) in [7, 11) is 0. The first-order valence-corrected chi connectivity index (χ1v) is 19.7. The monoisotopic (exact) mass is 706 g/mol. The number of carbonyl (C=O) groups is 4. The minimum atomic E-state index is -0.224. The second kappa shape index (κ2) is 11.8. The third kappa shape index (κ3) is 4.28. The zero-order valence-electron chi connectivity index (χ0n) is 30.0. The molecule has 0 N–H and O–H groups in total. The van der Waals surface area contributed by atoms with Crippen LogP contribution in [0.1, 0.15) is 106 Å². The molecular weight excluding hydrogens is 669 g/mol. The Balaban J connectivity index is 1.30. The highest BCUT2D eigenvalue weighted by Crippen LogP contribution is 2.52. The third-order valence-electron chi connectivity index (χ3n) is 13.0. The minimum absolute atomic E-state index is 0.112. The van der Waals surface area contributed by atoms with Crippen molar-refractivity contribution in [1.82, 2.24) is 9.80 Å². The van der Waals surface area contributed by atoms with Gasteiger partial charge in [0.25, 0.3) is 23.6 Å². The molecule has 0 radical (unpaired) electrons. The summed E-state index contributed by atoms with van der Waals surface area (Å²) in [4.78, 5) is 61.6. The van der Waals surface area contributed by atoms with Gasteiger partial charge in [0, 0.05) is 45.1 Å². The fourth-order valence-electron chi connectivity index (χ4n) is 10.5. The van der Waals surface area contributed by atoms with Gasteiger partial charge in [-0.05, 0) is 105 Å². The van der Waals surface area contributed by atoms with Crippen molar-refractivity contribution in [3.05, 3.63) is 119 Å². The molecule has 2 heterocycles. The molecule has 2 aliphatic heterocycles.